The first-order chi connectivity index (χ1) is 20.2. The molecule has 0 saturated carbocycles. The van der Waals surface area contributed by atoms with E-state index in [1.807, 2.05) is 72.0 Å². The normalized spacial score (nSPS) is 11.8. The minimum Gasteiger partial charge on any atom is -0.511 e. The van der Waals surface area contributed by atoms with Gasteiger partial charge in [0.05, 0.1) is 23.1 Å². The summed E-state index contributed by atoms with van der Waals surface area (Å²) in [6, 6.07) is 30.6. The molecule has 0 atom stereocenters. The molecule has 0 amide bonds. The summed E-state index contributed by atoms with van der Waals surface area (Å²) < 4.78 is 0. The molecule has 5 heteroatoms. The number of aryl methyl sites for hydroxylation is 2. The van der Waals surface area contributed by atoms with Crippen LogP contribution in [0.15, 0.2) is 90.8 Å². The number of aliphatic hydroxyl groups excluding tert-OH is 1. The molecule has 227 valence electrons. The maximum Gasteiger partial charge on any atom is 0.325 e. The zero-order chi connectivity index (χ0) is 31.5. The number of nitriles is 1. The number of rotatable bonds is 3. The van der Waals surface area contributed by atoms with Gasteiger partial charge in [-0.3, -0.25) is 4.79 Å². The molecule has 0 aliphatic heterocycles. The van der Waals surface area contributed by atoms with Gasteiger partial charge in [0, 0.05) is 31.7 Å². The predicted octanol–water partition coefficient (Wildman–Crippen LogP) is 10.1. The number of hydrogen-bond donors (Lipinski definition) is 1. The largest absolute Gasteiger partial charge is 0.511 e. The van der Waals surface area contributed by atoms with E-state index in [4.69, 9.17) is 10.2 Å². The van der Waals surface area contributed by atoms with Crippen molar-refractivity contribution in [2.45, 2.75) is 55.4 Å². The van der Waals surface area contributed by atoms with Gasteiger partial charge in [0.2, 0.25) is 0 Å². The number of aromatic nitrogens is 1. The predicted molar refractivity (Wildman–Crippen MR) is 180 cm³/mol. The third kappa shape index (κ3) is 8.08. The molecule has 0 unspecified atom stereocenters. The van der Waals surface area contributed by atoms with Gasteiger partial charge in [-0.05, 0) is 83.4 Å². The van der Waals surface area contributed by atoms with Crippen molar-refractivity contribution in [1.82, 2.24) is 4.98 Å². The van der Waals surface area contributed by atoms with E-state index in [2.05, 4.69) is 74.5 Å². The topological polar surface area (TPSA) is 78.3 Å². The Morgan fingerprint density at radius 1 is 0.818 bits per heavy atom. The number of carbonyl (C=O) groups excluding carboxylic acids is 1. The van der Waals surface area contributed by atoms with Crippen molar-refractivity contribution in [3.8, 4) is 28.5 Å². The Hall–Kier alpha value is -4.10. The summed E-state index contributed by atoms with van der Waals surface area (Å²) in [6.07, 6.45) is 3.33. The van der Waals surface area contributed by atoms with E-state index < -0.39 is 0 Å². The summed E-state index contributed by atoms with van der Waals surface area (Å²) in [5.41, 5.74) is 6.65. The second-order valence-electron chi connectivity index (χ2n) is 13.1. The van der Waals surface area contributed by atoms with Gasteiger partial charge in [0.1, 0.15) is 5.76 Å². The molecule has 0 aliphatic rings. The van der Waals surface area contributed by atoms with Crippen LogP contribution in [0.4, 0.5) is 0 Å². The number of allylic oxidation sites excluding steroid dienone is 2. The molecular formula is C39H40IrN2O2. The molecule has 1 radical (unpaired) electrons. The van der Waals surface area contributed by atoms with E-state index >= 15 is 0 Å². The van der Waals surface area contributed by atoms with E-state index in [-0.39, 0.29) is 42.5 Å². The van der Waals surface area contributed by atoms with E-state index in [1.165, 1.54) is 27.8 Å². The summed E-state index contributed by atoms with van der Waals surface area (Å²) in [4.78, 5) is 14.3. The Morgan fingerprint density at radius 2 is 1.45 bits per heavy atom. The standard InChI is InChI=1S/C28H19N2.C11H20O2.Ir/c1-18-13-19(2)15-24(14-18)28-27-10-8-23-16-22(21-5-3-20(17-29)4-6-21)7-9-25(23)26(27)11-12-30-28;1-10(2,3)8(12)7-9(13)11(4,5)6;/h3-14,16H,1-2H3;7,12H,1-6H3;/q-1;;/p+1/b;8-7-;. The Morgan fingerprint density at radius 3 is 2.05 bits per heavy atom. The van der Waals surface area contributed by atoms with Crippen molar-refractivity contribution in [2.75, 3.05) is 0 Å². The van der Waals surface area contributed by atoms with Gasteiger partial charge in [0.15, 0.2) is 0 Å². The molecule has 0 aliphatic carbocycles. The van der Waals surface area contributed by atoms with E-state index in [0.29, 0.717) is 5.56 Å². The second-order valence-corrected chi connectivity index (χ2v) is 13.1. The molecule has 4 nitrogen and oxygen atoms in total. The average molecular weight is 761 g/mol. The Labute approximate surface area is 274 Å². The Balaban J connectivity index is 0.000000324. The van der Waals surface area contributed by atoms with Crippen LogP contribution in [0.25, 0.3) is 43.9 Å². The summed E-state index contributed by atoms with van der Waals surface area (Å²) in [6.45, 7) is 15.6. The molecule has 2 N–H and O–H groups in total. The number of pyridine rings is 1. The van der Waals surface area contributed by atoms with Crippen molar-refractivity contribution < 1.29 is 30.0 Å². The Kier molecular flexibility index (Phi) is 10.7. The first-order valence-electron chi connectivity index (χ1n) is 14.5. The van der Waals surface area contributed by atoms with Crippen LogP contribution in [0.2, 0.25) is 0 Å². The van der Waals surface area contributed by atoms with Crippen LogP contribution in [0, 0.1) is 42.1 Å². The van der Waals surface area contributed by atoms with E-state index in [0.717, 1.165) is 33.3 Å². The molecule has 1 heterocycles. The molecular weight excluding hydrogens is 721 g/mol. The fourth-order valence-corrected chi connectivity index (χ4v) is 4.71. The van der Waals surface area contributed by atoms with Gasteiger partial charge >= 0.3 is 5.78 Å². The van der Waals surface area contributed by atoms with Crippen molar-refractivity contribution in [1.29, 1.82) is 5.26 Å². The third-order valence-electron chi connectivity index (χ3n) is 7.32. The fraction of sp³-hybridized carbons (Fsp3) is 0.256. The maximum atomic E-state index is 9.60. The summed E-state index contributed by atoms with van der Waals surface area (Å²) in [5, 5.41) is 23.3. The van der Waals surface area contributed by atoms with Gasteiger partial charge in [0.25, 0.3) is 0 Å². The number of aliphatic hydroxyl groups is 1. The van der Waals surface area contributed by atoms with Crippen LogP contribution in [0.5, 0.6) is 0 Å². The van der Waals surface area contributed by atoms with E-state index in [9.17, 15) is 9.90 Å². The van der Waals surface area contributed by atoms with Crippen molar-refractivity contribution in [3.05, 3.63) is 114 Å². The summed E-state index contributed by atoms with van der Waals surface area (Å²) >= 11 is 0. The second kappa shape index (κ2) is 13.7. The van der Waals surface area contributed by atoms with Gasteiger partial charge in [-0.15, -0.1) is 34.9 Å². The average Bonchev–Trinajstić information content (AvgIpc) is 2.95. The monoisotopic (exact) mass is 761 g/mol. The molecule has 0 bridgehead atoms. The molecule has 1 aromatic heterocycles. The van der Waals surface area contributed by atoms with Crippen LogP contribution in [-0.2, 0) is 20.1 Å². The molecule has 0 fully saturated rings. The SMILES string of the molecule is CC(C)(C)C(=[OH+])/C=C(\O)C(C)(C)C.Cc1[c-]c(-c2nccc3c2ccc2cc(-c4ccc(C#N)cc4)ccc23)cc(C)c1.[Ir]. The van der Waals surface area contributed by atoms with Gasteiger partial charge in [-0.1, -0.05) is 71.0 Å². The third-order valence-corrected chi connectivity index (χ3v) is 7.32. The molecule has 5 rings (SSSR count). The fourth-order valence-electron chi connectivity index (χ4n) is 4.71. The van der Waals surface area contributed by atoms with Crippen LogP contribution < -0.4 is 0 Å². The molecule has 44 heavy (non-hydrogen) atoms. The van der Waals surface area contributed by atoms with E-state index in [1.54, 1.807) is 0 Å². The quantitative estimate of drug-likeness (QED) is 0.0654. The Bertz CT molecular complexity index is 1860. The van der Waals surface area contributed by atoms with Crippen LogP contribution in [-0.4, -0.2) is 20.7 Å². The van der Waals surface area contributed by atoms with Crippen LogP contribution >= 0.6 is 0 Å². The summed E-state index contributed by atoms with van der Waals surface area (Å²) in [7, 11) is 0. The number of hydrogen-bond acceptors (Lipinski definition) is 3. The van der Waals surface area contributed by atoms with Crippen molar-refractivity contribution in [2.24, 2.45) is 10.8 Å². The zero-order valence-corrected chi connectivity index (χ0v) is 29.1. The first kappa shape index (κ1) is 34.4. The van der Waals surface area contributed by atoms with Crippen molar-refractivity contribution >= 4 is 27.3 Å². The van der Waals surface area contributed by atoms with Gasteiger partial charge in [-0.2, -0.15) is 5.26 Å². The zero-order valence-electron chi connectivity index (χ0n) is 26.7. The minimum atomic E-state index is -0.306. The summed E-state index contributed by atoms with van der Waals surface area (Å²) in [5.74, 6) is 0.417. The molecule has 0 saturated heterocycles. The molecule has 5 aromatic rings. The van der Waals surface area contributed by atoms with Crippen LogP contribution in [0.1, 0.15) is 58.2 Å². The van der Waals surface area contributed by atoms with Crippen molar-refractivity contribution in [3.63, 3.8) is 0 Å². The first-order valence-corrected chi connectivity index (χ1v) is 14.5. The molecule has 0 spiro atoms. The number of fused-ring (bicyclic) bond motifs is 3. The minimum absolute atomic E-state index is 0. The van der Waals surface area contributed by atoms with Gasteiger partial charge < -0.3 is 10.1 Å². The number of nitrogens with zero attached hydrogens (tertiary/aromatic N) is 2. The molecule has 4 aromatic carbocycles. The van der Waals surface area contributed by atoms with Crippen LogP contribution in [0.3, 0.4) is 0 Å². The number of benzene rings is 4. The van der Waals surface area contributed by atoms with Gasteiger partial charge in [-0.25, -0.2) is 0 Å². The maximum absolute atomic E-state index is 9.60. The number of ketones is 1. The smallest absolute Gasteiger partial charge is 0.325 e.